The molecule has 1 amide bonds. The lowest BCUT2D eigenvalue weighted by molar-refractivity contribution is 0.0923. The Bertz CT molecular complexity index is 681. The fourth-order valence-corrected chi connectivity index (χ4v) is 2.85. The number of aromatic nitrogens is 1. The van der Waals surface area contributed by atoms with Crippen molar-refractivity contribution < 1.29 is 14.1 Å². The Morgan fingerprint density at radius 3 is 3.18 bits per heavy atom. The minimum Gasteiger partial charge on any atom is -0.399 e. The van der Waals surface area contributed by atoms with Crippen LogP contribution >= 0.6 is 0 Å². The summed E-state index contributed by atoms with van der Waals surface area (Å²) < 4.78 is 10.00. The largest absolute Gasteiger partial charge is 0.399 e. The molecule has 0 spiro atoms. The van der Waals surface area contributed by atoms with Crippen molar-refractivity contribution >= 4 is 11.6 Å². The average Bonchev–Trinajstić information content (AvgIpc) is 2.96. The molecule has 0 bridgehead atoms. The van der Waals surface area contributed by atoms with Crippen LogP contribution in [-0.2, 0) is 17.8 Å². The maximum atomic E-state index is 12.3. The molecule has 1 aromatic carbocycles. The Morgan fingerprint density at radius 1 is 1.50 bits per heavy atom. The number of rotatable bonds is 4. The van der Waals surface area contributed by atoms with Crippen molar-refractivity contribution in [2.45, 2.75) is 31.9 Å². The number of benzene rings is 1. The monoisotopic (exact) mass is 301 g/mol. The number of hydrogen-bond acceptors (Lipinski definition) is 5. The van der Waals surface area contributed by atoms with Gasteiger partial charge < -0.3 is 20.3 Å². The minimum atomic E-state index is -0.235. The number of anilines is 1. The standard InChI is InChI=1S/C16H19N3O3/c1-21-9-12-8-15(19-22-12)16(20)18-14-4-2-3-10-7-11(17)5-6-13(10)14/h5-8,14H,2-4,9,17H2,1H3,(H,18,20). The van der Waals surface area contributed by atoms with Gasteiger partial charge in [0, 0.05) is 18.9 Å². The molecule has 0 fully saturated rings. The first-order chi connectivity index (χ1) is 10.7. The lowest BCUT2D eigenvalue weighted by Crippen LogP contribution is -2.31. The number of hydrogen-bond donors (Lipinski definition) is 2. The van der Waals surface area contributed by atoms with Crippen LogP contribution in [0.15, 0.2) is 28.8 Å². The summed E-state index contributed by atoms with van der Waals surface area (Å²) >= 11 is 0. The van der Waals surface area contributed by atoms with E-state index in [4.69, 9.17) is 15.0 Å². The summed E-state index contributed by atoms with van der Waals surface area (Å²) in [6, 6.07) is 7.44. The summed E-state index contributed by atoms with van der Waals surface area (Å²) in [5, 5.41) is 6.81. The number of methoxy groups -OCH3 is 1. The second-order valence-corrected chi connectivity index (χ2v) is 5.49. The SMILES string of the molecule is COCc1cc(C(=O)NC2CCCc3cc(N)ccc32)no1. The van der Waals surface area contributed by atoms with E-state index >= 15 is 0 Å². The molecule has 1 unspecified atom stereocenters. The molecule has 2 aromatic rings. The Morgan fingerprint density at radius 2 is 2.36 bits per heavy atom. The predicted octanol–water partition coefficient (Wildman–Crippen LogP) is 2.21. The van der Waals surface area contributed by atoms with Gasteiger partial charge in [-0.3, -0.25) is 4.79 Å². The molecule has 1 aliphatic carbocycles. The Kier molecular flexibility index (Phi) is 4.11. The van der Waals surface area contributed by atoms with Crippen LogP contribution in [0.2, 0.25) is 0 Å². The summed E-state index contributed by atoms with van der Waals surface area (Å²) in [5.74, 6) is 0.297. The normalized spacial score (nSPS) is 17.0. The number of carbonyl (C=O) groups is 1. The molecule has 1 aliphatic rings. The zero-order valence-electron chi connectivity index (χ0n) is 12.5. The molecular weight excluding hydrogens is 282 g/mol. The van der Waals surface area contributed by atoms with E-state index < -0.39 is 0 Å². The summed E-state index contributed by atoms with van der Waals surface area (Å²) in [6.45, 7) is 0.297. The molecule has 1 atom stereocenters. The van der Waals surface area contributed by atoms with Gasteiger partial charge in [0.25, 0.3) is 5.91 Å². The number of amides is 1. The molecule has 1 heterocycles. The van der Waals surface area contributed by atoms with Crippen molar-refractivity contribution in [1.82, 2.24) is 10.5 Å². The number of nitrogen functional groups attached to an aromatic ring is 1. The number of nitrogens with zero attached hydrogens (tertiary/aromatic N) is 1. The van der Waals surface area contributed by atoms with Gasteiger partial charge in [0.05, 0.1) is 6.04 Å². The first-order valence-electron chi connectivity index (χ1n) is 7.31. The number of nitrogens with two attached hydrogens (primary N) is 1. The Balaban J connectivity index is 1.74. The summed E-state index contributed by atoms with van der Waals surface area (Å²) in [6.07, 6.45) is 2.93. The minimum absolute atomic E-state index is 0.0144. The molecule has 6 nitrogen and oxygen atoms in total. The first-order valence-corrected chi connectivity index (χ1v) is 7.31. The third-order valence-corrected chi connectivity index (χ3v) is 3.86. The van der Waals surface area contributed by atoms with Gasteiger partial charge in [-0.15, -0.1) is 0 Å². The van der Waals surface area contributed by atoms with Crippen LogP contribution in [0.1, 0.15) is 46.3 Å². The third kappa shape index (κ3) is 2.96. The zero-order chi connectivity index (χ0) is 15.5. The molecule has 1 aromatic heterocycles. The van der Waals surface area contributed by atoms with Gasteiger partial charge >= 0.3 is 0 Å². The lowest BCUT2D eigenvalue weighted by atomic mass is 9.87. The van der Waals surface area contributed by atoms with Crippen LogP contribution in [-0.4, -0.2) is 18.2 Å². The second-order valence-electron chi connectivity index (χ2n) is 5.49. The van der Waals surface area contributed by atoms with E-state index in [0.29, 0.717) is 12.4 Å². The van der Waals surface area contributed by atoms with Crippen molar-refractivity contribution in [3.05, 3.63) is 46.8 Å². The number of ether oxygens (including phenoxy) is 1. The zero-order valence-corrected chi connectivity index (χ0v) is 12.5. The van der Waals surface area contributed by atoms with E-state index in [1.165, 1.54) is 5.56 Å². The van der Waals surface area contributed by atoms with Crippen molar-refractivity contribution in [3.63, 3.8) is 0 Å². The maximum Gasteiger partial charge on any atom is 0.273 e. The van der Waals surface area contributed by atoms with E-state index in [1.807, 2.05) is 18.2 Å². The number of nitrogens with one attached hydrogen (secondary N) is 1. The summed E-state index contributed by atoms with van der Waals surface area (Å²) in [5.41, 5.74) is 9.20. The smallest absolute Gasteiger partial charge is 0.273 e. The molecular formula is C16H19N3O3. The number of carbonyl (C=O) groups excluding carboxylic acids is 1. The van der Waals surface area contributed by atoms with E-state index in [0.717, 1.165) is 30.5 Å². The van der Waals surface area contributed by atoms with Gasteiger partial charge in [-0.25, -0.2) is 0 Å². The van der Waals surface area contributed by atoms with Crippen molar-refractivity contribution in [2.24, 2.45) is 0 Å². The van der Waals surface area contributed by atoms with Crippen LogP contribution in [0.3, 0.4) is 0 Å². The van der Waals surface area contributed by atoms with E-state index in [1.54, 1.807) is 13.2 Å². The quantitative estimate of drug-likeness (QED) is 0.845. The van der Waals surface area contributed by atoms with Crippen LogP contribution in [0.5, 0.6) is 0 Å². The van der Waals surface area contributed by atoms with E-state index in [9.17, 15) is 4.79 Å². The van der Waals surface area contributed by atoms with Crippen LogP contribution in [0.4, 0.5) is 5.69 Å². The van der Waals surface area contributed by atoms with Crippen molar-refractivity contribution in [2.75, 3.05) is 12.8 Å². The fraction of sp³-hybridized carbons (Fsp3) is 0.375. The van der Waals surface area contributed by atoms with Crippen molar-refractivity contribution in [1.29, 1.82) is 0 Å². The lowest BCUT2D eigenvalue weighted by Gasteiger charge is -2.26. The molecule has 0 saturated carbocycles. The summed E-state index contributed by atoms with van der Waals surface area (Å²) in [7, 11) is 1.56. The fourth-order valence-electron chi connectivity index (χ4n) is 2.85. The van der Waals surface area contributed by atoms with Crippen LogP contribution in [0, 0.1) is 0 Å². The van der Waals surface area contributed by atoms with Gasteiger partial charge in [0.2, 0.25) is 0 Å². The first kappa shape index (κ1) is 14.6. The topological polar surface area (TPSA) is 90.4 Å². The van der Waals surface area contributed by atoms with Gasteiger partial charge in [-0.05, 0) is 42.5 Å². The molecule has 0 aliphatic heterocycles. The number of aryl methyl sites for hydroxylation is 1. The highest BCUT2D eigenvalue weighted by molar-refractivity contribution is 5.92. The molecule has 22 heavy (non-hydrogen) atoms. The van der Waals surface area contributed by atoms with E-state index in [2.05, 4.69) is 10.5 Å². The molecule has 0 saturated heterocycles. The Labute approximate surface area is 128 Å². The van der Waals surface area contributed by atoms with Crippen LogP contribution in [0.25, 0.3) is 0 Å². The van der Waals surface area contributed by atoms with E-state index in [-0.39, 0.29) is 17.6 Å². The van der Waals surface area contributed by atoms with Gasteiger partial charge in [0.1, 0.15) is 6.61 Å². The van der Waals surface area contributed by atoms with Crippen LogP contribution < -0.4 is 11.1 Å². The molecule has 3 rings (SSSR count). The molecule has 3 N–H and O–H groups in total. The average molecular weight is 301 g/mol. The highest BCUT2D eigenvalue weighted by Crippen LogP contribution is 2.31. The molecule has 0 radical (unpaired) electrons. The molecule has 6 heteroatoms. The van der Waals surface area contributed by atoms with Gasteiger partial charge in [0.15, 0.2) is 11.5 Å². The molecule has 116 valence electrons. The highest BCUT2D eigenvalue weighted by Gasteiger charge is 2.23. The van der Waals surface area contributed by atoms with Gasteiger partial charge in [-0.1, -0.05) is 11.2 Å². The number of fused-ring (bicyclic) bond motifs is 1. The van der Waals surface area contributed by atoms with Gasteiger partial charge in [-0.2, -0.15) is 0 Å². The third-order valence-electron chi connectivity index (χ3n) is 3.86. The summed E-state index contributed by atoms with van der Waals surface area (Å²) in [4.78, 5) is 12.3. The van der Waals surface area contributed by atoms with Crippen molar-refractivity contribution in [3.8, 4) is 0 Å². The predicted molar refractivity (Wildman–Crippen MR) is 81.2 cm³/mol. The maximum absolute atomic E-state index is 12.3. The highest BCUT2D eigenvalue weighted by atomic mass is 16.5. The second kappa shape index (κ2) is 6.19. The Hall–Kier alpha value is -2.34.